The minimum absolute atomic E-state index is 0.347. The van der Waals surface area contributed by atoms with Crippen molar-refractivity contribution >= 4 is 0 Å². The summed E-state index contributed by atoms with van der Waals surface area (Å²) in [6.45, 7) is 9.48. The zero-order valence-corrected chi connectivity index (χ0v) is 10.8. The van der Waals surface area contributed by atoms with E-state index in [0.29, 0.717) is 23.7 Å². The Bertz CT molecular complexity index is 226. The third kappa shape index (κ3) is 2.58. The molecule has 1 saturated carbocycles. The maximum atomic E-state index is 6.14. The van der Waals surface area contributed by atoms with E-state index in [4.69, 9.17) is 9.47 Å². The van der Waals surface area contributed by atoms with Crippen molar-refractivity contribution in [1.82, 2.24) is 5.32 Å². The summed E-state index contributed by atoms with van der Waals surface area (Å²) in [5.41, 5.74) is 0.351. The van der Waals surface area contributed by atoms with Gasteiger partial charge in [-0.1, -0.05) is 27.2 Å². The second-order valence-corrected chi connectivity index (χ2v) is 5.75. The summed E-state index contributed by atoms with van der Waals surface area (Å²) in [5, 5.41) is 3.61. The van der Waals surface area contributed by atoms with E-state index in [2.05, 4.69) is 26.1 Å². The van der Waals surface area contributed by atoms with Crippen molar-refractivity contribution in [2.45, 2.75) is 58.3 Å². The van der Waals surface area contributed by atoms with Crippen LogP contribution in [-0.4, -0.2) is 38.0 Å². The topological polar surface area (TPSA) is 30.5 Å². The van der Waals surface area contributed by atoms with Gasteiger partial charge in [-0.3, -0.25) is 0 Å². The molecule has 0 spiro atoms. The van der Waals surface area contributed by atoms with Crippen molar-refractivity contribution in [1.29, 1.82) is 0 Å². The highest BCUT2D eigenvalue weighted by molar-refractivity contribution is 4.94. The average molecular weight is 227 g/mol. The molecular weight excluding hydrogens is 202 g/mol. The number of likely N-dealkylation sites (N-methyl/N-ethyl adjacent to an activating group) is 1. The van der Waals surface area contributed by atoms with Crippen LogP contribution in [0.1, 0.15) is 40.0 Å². The van der Waals surface area contributed by atoms with Gasteiger partial charge in [0.1, 0.15) is 6.10 Å². The van der Waals surface area contributed by atoms with Crippen LogP contribution >= 0.6 is 0 Å². The Morgan fingerprint density at radius 1 is 1.38 bits per heavy atom. The van der Waals surface area contributed by atoms with Crippen molar-refractivity contribution < 1.29 is 9.47 Å². The molecule has 3 nitrogen and oxygen atoms in total. The molecule has 0 aromatic carbocycles. The van der Waals surface area contributed by atoms with Crippen LogP contribution in [-0.2, 0) is 9.47 Å². The monoisotopic (exact) mass is 227 g/mol. The number of hydrogen-bond acceptors (Lipinski definition) is 3. The Labute approximate surface area is 98.9 Å². The van der Waals surface area contributed by atoms with Crippen LogP contribution in [0.4, 0.5) is 0 Å². The minimum atomic E-state index is 0.347. The van der Waals surface area contributed by atoms with Crippen LogP contribution in [0.5, 0.6) is 0 Å². The standard InChI is InChI=1S/C13H25NO2/c1-4-14-12-11(16-10-8-15-9-10)6-5-7-13(12,2)3/h10-12,14H,4-9H2,1-3H3. The van der Waals surface area contributed by atoms with Gasteiger partial charge in [-0.15, -0.1) is 0 Å². The number of ether oxygens (including phenoxy) is 2. The normalized spacial score (nSPS) is 34.7. The number of rotatable bonds is 4. The van der Waals surface area contributed by atoms with Gasteiger partial charge in [0, 0.05) is 6.04 Å². The Morgan fingerprint density at radius 2 is 2.12 bits per heavy atom. The summed E-state index contributed by atoms with van der Waals surface area (Å²) in [6, 6.07) is 0.492. The molecule has 0 aromatic heterocycles. The van der Waals surface area contributed by atoms with Crippen LogP contribution in [0, 0.1) is 5.41 Å². The minimum Gasteiger partial charge on any atom is -0.376 e. The van der Waals surface area contributed by atoms with Gasteiger partial charge >= 0.3 is 0 Å². The Hall–Kier alpha value is -0.120. The fourth-order valence-corrected chi connectivity index (χ4v) is 2.90. The van der Waals surface area contributed by atoms with Gasteiger partial charge in [-0.25, -0.2) is 0 Å². The third-order valence-electron chi connectivity index (χ3n) is 3.92. The molecule has 1 heterocycles. The predicted molar refractivity (Wildman–Crippen MR) is 64.6 cm³/mol. The van der Waals surface area contributed by atoms with Gasteiger partial charge in [0.15, 0.2) is 0 Å². The van der Waals surface area contributed by atoms with Crippen molar-refractivity contribution in [2.24, 2.45) is 5.41 Å². The smallest absolute Gasteiger partial charge is 0.105 e. The van der Waals surface area contributed by atoms with E-state index in [9.17, 15) is 0 Å². The van der Waals surface area contributed by atoms with E-state index in [1.54, 1.807) is 0 Å². The maximum absolute atomic E-state index is 6.14. The van der Waals surface area contributed by atoms with E-state index < -0.39 is 0 Å². The third-order valence-corrected chi connectivity index (χ3v) is 3.92. The van der Waals surface area contributed by atoms with E-state index >= 15 is 0 Å². The highest BCUT2D eigenvalue weighted by Crippen LogP contribution is 2.37. The van der Waals surface area contributed by atoms with Gasteiger partial charge in [0.25, 0.3) is 0 Å². The Balaban J connectivity index is 1.96. The van der Waals surface area contributed by atoms with Crippen molar-refractivity contribution in [3.8, 4) is 0 Å². The van der Waals surface area contributed by atoms with Crippen molar-refractivity contribution in [3.05, 3.63) is 0 Å². The molecule has 16 heavy (non-hydrogen) atoms. The van der Waals surface area contributed by atoms with E-state index in [1.807, 2.05) is 0 Å². The highest BCUT2D eigenvalue weighted by Gasteiger charge is 2.40. The van der Waals surface area contributed by atoms with Crippen LogP contribution in [0.2, 0.25) is 0 Å². The summed E-state index contributed by atoms with van der Waals surface area (Å²) in [4.78, 5) is 0. The first-order valence-corrected chi connectivity index (χ1v) is 6.60. The SMILES string of the molecule is CCNC1C(OC2COC2)CCCC1(C)C. The first kappa shape index (κ1) is 12.3. The van der Waals surface area contributed by atoms with Gasteiger partial charge in [-0.2, -0.15) is 0 Å². The summed E-state index contributed by atoms with van der Waals surface area (Å²) < 4.78 is 11.3. The second-order valence-electron chi connectivity index (χ2n) is 5.75. The predicted octanol–water partition coefficient (Wildman–Crippen LogP) is 1.96. The molecule has 2 atom stereocenters. The summed E-state index contributed by atoms with van der Waals surface area (Å²) >= 11 is 0. The number of nitrogens with one attached hydrogen (secondary N) is 1. The molecule has 0 aromatic rings. The zero-order valence-electron chi connectivity index (χ0n) is 10.8. The fourth-order valence-electron chi connectivity index (χ4n) is 2.90. The molecule has 0 amide bonds. The van der Waals surface area contributed by atoms with Gasteiger partial charge in [0.05, 0.1) is 19.3 Å². The molecule has 2 fully saturated rings. The first-order chi connectivity index (χ1) is 7.63. The lowest BCUT2D eigenvalue weighted by atomic mass is 9.71. The first-order valence-electron chi connectivity index (χ1n) is 6.60. The molecule has 1 N–H and O–H groups in total. The molecule has 1 saturated heterocycles. The molecule has 1 aliphatic carbocycles. The number of hydrogen-bond donors (Lipinski definition) is 1. The summed E-state index contributed by atoms with van der Waals surface area (Å²) in [6.07, 6.45) is 4.49. The van der Waals surface area contributed by atoms with E-state index in [-0.39, 0.29) is 0 Å². The molecule has 1 aliphatic heterocycles. The van der Waals surface area contributed by atoms with Crippen LogP contribution in [0.15, 0.2) is 0 Å². The van der Waals surface area contributed by atoms with Gasteiger partial charge in [-0.05, 0) is 24.8 Å². The quantitative estimate of drug-likeness (QED) is 0.796. The van der Waals surface area contributed by atoms with Gasteiger partial charge < -0.3 is 14.8 Å². The molecule has 2 aliphatic rings. The molecule has 2 unspecified atom stereocenters. The lowest BCUT2D eigenvalue weighted by Crippen LogP contribution is -2.55. The van der Waals surface area contributed by atoms with Crippen LogP contribution in [0.25, 0.3) is 0 Å². The van der Waals surface area contributed by atoms with Crippen molar-refractivity contribution in [3.63, 3.8) is 0 Å². The lowest BCUT2D eigenvalue weighted by molar-refractivity contribution is -0.174. The molecule has 3 heteroatoms. The van der Waals surface area contributed by atoms with E-state index in [0.717, 1.165) is 19.8 Å². The average Bonchev–Trinajstić information content (AvgIpc) is 2.16. The zero-order chi connectivity index (χ0) is 11.6. The van der Waals surface area contributed by atoms with Crippen LogP contribution in [0.3, 0.4) is 0 Å². The molecule has 2 rings (SSSR count). The second kappa shape index (κ2) is 5.03. The van der Waals surface area contributed by atoms with Crippen molar-refractivity contribution in [2.75, 3.05) is 19.8 Å². The Morgan fingerprint density at radius 3 is 2.69 bits per heavy atom. The van der Waals surface area contributed by atoms with E-state index in [1.165, 1.54) is 19.3 Å². The molecule has 0 bridgehead atoms. The van der Waals surface area contributed by atoms with Gasteiger partial charge in [0.2, 0.25) is 0 Å². The maximum Gasteiger partial charge on any atom is 0.105 e. The highest BCUT2D eigenvalue weighted by atomic mass is 16.6. The largest absolute Gasteiger partial charge is 0.376 e. The molecule has 0 radical (unpaired) electrons. The molecule has 94 valence electrons. The fraction of sp³-hybridized carbons (Fsp3) is 1.00. The summed E-state index contributed by atoms with van der Waals surface area (Å²) in [7, 11) is 0. The van der Waals surface area contributed by atoms with Crippen LogP contribution < -0.4 is 5.32 Å². The Kier molecular flexibility index (Phi) is 3.88. The summed E-state index contributed by atoms with van der Waals surface area (Å²) in [5.74, 6) is 0. The molecular formula is C13H25NO2. The lowest BCUT2D eigenvalue weighted by Gasteiger charge is -2.46.